The third-order valence-electron chi connectivity index (χ3n) is 4.79. The largest absolute Gasteiger partial charge is 0.374 e. The lowest BCUT2D eigenvalue weighted by Gasteiger charge is -2.25. The summed E-state index contributed by atoms with van der Waals surface area (Å²) in [5, 5.41) is 0. The number of methoxy groups -OCH3 is 1. The van der Waals surface area contributed by atoms with Crippen molar-refractivity contribution in [2.24, 2.45) is 0 Å². The number of imidazole rings is 1. The van der Waals surface area contributed by atoms with Crippen LogP contribution in [0.1, 0.15) is 26.5 Å². The number of rotatable bonds is 9. The van der Waals surface area contributed by atoms with Crippen molar-refractivity contribution in [1.82, 2.24) is 19.5 Å². The number of nitrogens with two attached hydrogens (primary N) is 1. The fourth-order valence-electron chi connectivity index (χ4n) is 3.64. The molecule has 16 heteroatoms. The van der Waals surface area contributed by atoms with Crippen LogP contribution in [0.15, 0.2) is 11.1 Å². The molecule has 32 heavy (non-hydrogen) atoms. The van der Waals surface area contributed by atoms with Crippen LogP contribution in [0.3, 0.4) is 0 Å². The van der Waals surface area contributed by atoms with Gasteiger partial charge in [0.15, 0.2) is 32.7 Å². The SMILES string of the molecule is CO[C@@H]1[C@H](OC(C)C)[C@@H](CCS(=O)(=O)CP(=O)(O)O)O[C@H]1n1cnc2c(=O)[nH]c(N)nc21. The molecule has 0 spiro atoms. The summed E-state index contributed by atoms with van der Waals surface area (Å²) >= 11 is 0. The van der Waals surface area contributed by atoms with Crippen LogP contribution >= 0.6 is 7.60 Å². The van der Waals surface area contributed by atoms with Gasteiger partial charge in [-0.15, -0.1) is 0 Å². The number of nitrogens with zero attached hydrogens (tertiary/aromatic N) is 3. The van der Waals surface area contributed by atoms with Crippen molar-refractivity contribution in [3.8, 4) is 0 Å². The van der Waals surface area contributed by atoms with E-state index in [0.29, 0.717) is 0 Å². The van der Waals surface area contributed by atoms with Gasteiger partial charge < -0.3 is 29.7 Å². The molecular formula is C16H26N5O9PS. The Kier molecular flexibility index (Phi) is 7.10. The molecule has 0 amide bonds. The summed E-state index contributed by atoms with van der Waals surface area (Å²) in [5.41, 5.74) is 4.05. The second kappa shape index (κ2) is 9.17. The molecule has 0 bridgehead atoms. The van der Waals surface area contributed by atoms with Crippen LogP contribution in [0.2, 0.25) is 0 Å². The van der Waals surface area contributed by atoms with Gasteiger partial charge in [0.25, 0.3) is 5.56 Å². The molecule has 180 valence electrons. The highest BCUT2D eigenvalue weighted by Crippen LogP contribution is 2.39. The fourth-order valence-corrected chi connectivity index (χ4v) is 6.80. The van der Waals surface area contributed by atoms with Crippen molar-refractivity contribution in [2.45, 2.75) is 50.9 Å². The zero-order chi connectivity index (χ0) is 23.8. The highest BCUT2D eigenvalue weighted by molar-refractivity contribution is 7.97. The van der Waals surface area contributed by atoms with Crippen LogP contribution in [0.25, 0.3) is 11.2 Å². The Morgan fingerprint density at radius 1 is 1.38 bits per heavy atom. The third kappa shape index (κ3) is 5.54. The minimum absolute atomic E-state index is 0.0339. The number of aromatic nitrogens is 4. The number of fused-ring (bicyclic) bond motifs is 1. The molecule has 0 radical (unpaired) electrons. The lowest BCUT2D eigenvalue weighted by molar-refractivity contribution is -0.0785. The maximum Gasteiger partial charge on any atom is 0.340 e. The second-order valence-corrected chi connectivity index (χ2v) is 12.0. The quantitative estimate of drug-likeness (QED) is 0.320. The van der Waals surface area contributed by atoms with E-state index in [4.69, 9.17) is 29.7 Å². The van der Waals surface area contributed by atoms with E-state index >= 15 is 0 Å². The minimum Gasteiger partial charge on any atom is -0.374 e. The molecule has 0 aromatic carbocycles. The van der Waals surface area contributed by atoms with E-state index in [1.54, 1.807) is 13.8 Å². The first kappa shape index (κ1) is 24.8. The summed E-state index contributed by atoms with van der Waals surface area (Å²) in [6.45, 7) is 3.58. The molecule has 5 N–H and O–H groups in total. The van der Waals surface area contributed by atoms with E-state index in [9.17, 15) is 17.8 Å². The Labute approximate surface area is 183 Å². The zero-order valence-electron chi connectivity index (χ0n) is 17.6. The molecule has 1 aliphatic heterocycles. The lowest BCUT2D eigenvalue weighted by atomic mass is 10.1. The predicted molar refractivity (Wildman–Crippen MR) is 113 cm³/mol. The van der Waals surface area contributed by atoms with Gasteiger partial charge in [0.2, 0.25) is 5.95 Å². The van der Waals surface area contributed by atoms with Gasteiger partial charge in [-0.3, -0.25) is 18.9 Å². The third-order valence-corrected chi connectivity index (χ3v) is 8.57. The molecule has 1 saturated heterocycles. The molecule has 14 nitrogen and oxygen atoms in total. The zero-order valence-corrected chi connectivity index (χ0v) is 19.3. The van der Waals surface area contributed by atoms with Crippen LogP contribution in [-0.2, 0) is 28.6 Å². The summed E-state index contributed by atoms with van der Waals surface area (Å²) < 4.78 is 54.5. The number of aromatic amines is 1. The lowest BCUT2D eigenvalue weighted by Crippen LogP contribution is -2.38. The van der Waals surface area contributed by atoms with Crippen molar-refractivity contribution in [1.29, 1.82) is 0 Å². The van der Waals surface area contributed by atoms with E-state index in [-0.39, 0.29) is 29.6 Å². The van der Waals surface area contributed by atoms with Crippen molar-refractivity contribution in [2.75, 3.05) is 24.1 Å². The molecule has 0 unspecified atom stereocenters. The Bertz CT molecular complexity index is 1170. The number of H-pyrrole nitrogens is 1. The minimum atomic E-state index is -4.74. The molecule has 0 saturated carbocycles. The van der Waals surface area contributed by atoms with Gasteiger partial charge in [0.05, 0.1) is 24.3 Å². The number of nitrogen functional groups attached to an aromatic ring is 1. The topological polar surface area (TPSA) is 209 Å². The average molecular weight is 495 g/mol. The summed E-state index contributed by atoms with van der Waals surface area (Å²) in [7, 11) is -7.37. The molecular weight excluding hydrogens is 469 g/mol. The second-order valence-electron chi connectivity index (χ2n) is 7.72. The Morgan fingerprint density at radius 2 is 2.06 bits per heavy atom. The standard InChI is InChI=1S/C16H26N5O9PS/c1-8(2)29-11-9(4-5-32(26,27)7-31(23,24)25)30-15(12(11)28-3)21-6-18-10-13(21)19-16(17)20-14(10)22/h6,8-9,11-12,15H,4-5,7H2,1-3H3,(H2,23,24,25)(H3,17,19,20,22)/t9-,11-,12-,15-/m1/s1. The molecule has 3 heterocycles. The van der Waals surface area contributed by atoms with Gasteiger partial charge in [0.1, 0.15) is 12.2 Å². The number of nitrogens with one attached hydrogen (secondary N) is 1. The molecule has 1 fully saturated rings. The van der Waals surface area contributed by atoms with Crippen LogP contribution in [0.5, 0.6) is 0 Å². The van der Waals surface area contributed by atoms with Crippen molar-refractivity contribution in [3.05, 3.63) is 16.7 Å². The molecule has 0 aliphatic carbocycles. The first-order chi connectivity index (χ1) is 14.8. The van der Waals surface area contributed by atoms with Crippen molar-refractivity contribution < 1.29 is 37.0 Å². The van der Waals surface area contributed by atoms with E-state index in [1.165, 1.54) is 18.0 Å². The van der Waals surface area contributed by atoms with Gasteiger partial charge in [0, 0.05) is 7.11 Å². The van der Waals surface area contributed by atoms with E-state index in [2.05, 4.69) is 15.0 Å². The first-order valence-corrected chi connectivity index (χ1v) is 13.2. The summed E-state index contributed by atoms with van der Waals surface area (Å²) in [6.07, 6.45) is -2.14. The Morgan fingerprint density at radius 3 is 2.66 bits per heavy atom. The van der Waals surface area contributed by atoms with Crippen molar-refractivity contribution >= 4 is 34.5 Å². The Hall–Kier alpha value is -1.87. The number of sulfone groups is 1. The average Bonchev–Trinajstić information content (AvgIpc) is 3.18. The van der Waals surface area contributed by atoms with Crippen LogP contribution in [-0.4, -0.2) is 80.5 Å². The van der Waals surface area contributed by atoms with E-state index < -0.39 is 58.8 Å². The highest BCUT2D eigenvalue weighted by Gasteiger charge is 2.48. The molecule has 1 aliphatic rings. The monoisotopic (exact) mass is 495 g/mol. The normalized spacial score (nSPS) is 24.6. The van der Waals surface area contributed by atoms with Gasteiger partial charge in [-0.25, -0.2) is 13.4 Å². The first-order valence-electron chi connectivity index (χ1n) is 9.62. The summed E-state index contributed by atoms with van der Waals surface area (Å²) in [5.74, 6) is -0.648. The predicted octanol–water partition coefficient (Wildman–Crippen LogP) is -0.652. The van der Waals surface area contributed by atoms with Gasteiger partial charge >= 0.3 is 7.60 Å². The molecule has 2 aromatic rings. The van der Waals surface area contributed by atoms with E-state index in [0.717, 1.165) is 0 Å². The van der Waals surface area contributed by atoms with Crippen LogP contribution in [0, 0.1) is 0 Å². The van der Waals surface area contributed by atoms with Crippen LogP contribution < -0.4 is 11.3 Å². The number of anilines is 1. The molecule has 3 rings (SSSR count). The van der Waals surface area contributed by atoms with Crippen molar-refractivity contribution in [3.63, 3.8) is 0 Å². The van der Waals surface area contributed by atoms with Gasteiger partial charge in [-0.1, -0.05) is 0 Å². The summed E-state index contributed by atoms with van der Waals surface area (Å²) in [4.78, 5) is 40.6. The van der Waals surface area contributed by atoms with Crippen LogP contribution in [0.4, 0.5) is 5.95 Å². The van der Waals surface area contributed by atoms with Gasteiger partial charge in [-0.2, -0.15) is 4.98 Å². The highest BCUT2D eigenvalue weighted by atomic mass is 32.2. The molecule has 2 aromatic heterocycles. The van der Waals surface area contributed by atoms with E-state index in [1.807, 2.05) is 0 Å². The molecule has 4 atom stereocenters. The smallest absolute Gasteiger partial charge is 0.340 e. The number of hydrogen-bond acceptors (Lipinski definition) is 10. The maximum absolute atomic E-state index is 12.1. The van der Waals surface area contributed by atoms with Gasteiger partial charge in [-0.05, 0) is 20.3 Å². The summed E-state index contributed by atoms with van der Waals surface area (Å²) in [6, 6.07) is 0. The number of ether oxygens (including phenoxy) is 3. The number of hydrogen-bond donors (Lipinski definition) is 4. The fraction of sp³-hybridized carbons (Fsp3) is 0.688. The Balaban J connectivity index is 1.92. The maximum atomic E-state index is 12.1.